The second-order valence-corrected chi connectivity index (χ2v) is 14.0. The number of furan rings is 1. The number of para-hydroxylation sites is 1. The summed E-state index contributed by atoms with van der Waals surface area (Å²) in [6, 6.07) is 46.7. The summed E-state index contributed by atoms with van der Waals surface area (Å²) in [7, 11) is 0. The van der Waals surface area contributed by atoms with Crippen molar-refractivity contribution in [2.45, 2.75) is 0 Å². The van der Waals surface area contributed by atoms with Crippen molar-refractivity contribution in [3.8, 4) is 22.3 Å². The summed E-state index contributed by atoms with van der Waals surface area (Å²) in [4.78, 5) is 2.59. The topological polar surface area (TPSA) is 16.4 Å². The van der Waals surface area contributed by atoms with Crippen LogP contribution >= 0.6 is 22.7 Å². The Balaban J connectivity index is 1.26. The number of thiophene rings is 2. The fourth-order valence-electron chi connectivity index (χ4n) is 7.83. The van der Waals surface area contributed by atoms with E-state index in [0.717, 1.165) is 21.9 Å². The molecule has 0 unspecified atom stereocenters. The van der Waals surface area contributed by atoms with Crippen LogP contribution in [0.2, 0.25) is 0 Å². The SMILES string of the molecule is c1ccc2c(c1)B1c3sc4ccccc4c3N(c3csc4ccccc34)c3cc(-c4ccc5oc6ccccc6c5c4)cc-2c31. The first kappa shape index (κ1) is 24.3. The zero-order valence-corrected chi connectivity index (χ0v) is 25.6. The molecule has 2 nitrogen and oxygen atoms in total. The highest BCUT2D eigenvalue weighted by Crippen LogP contribution is 2.50. The van der Waals surface area contributed by atoms with Crippen LogP contribution in [0, 0.1) is 0 Å². The Labute approximate surface area is 267 Å². The summed E-state index contributed by atoms with van der Waals surface area (Å²) in [6.45, 7) is 0.217. The van der Waals surface area contributed by atoms with Crippen LogP contribution in [0.25, 0.3) is 64.4 Å². The third kappa shape index (κ3) is 3.19. The molecule has 0 spiro atoms. The molecule has 0 N–H and O–H groups in total. The van der Waals surface area contributed by atoms with E-state index in [4.69, 9.17) is 4.42 Å². The van der Waals surface area contributed by atoms with Gasteiger partial charge in [-0.25, -0.2) is 0 Å². The number of hydrogen-bond donors (Lipinski definition) is 0. The van der Waals surface area contributed by atoms with Crippen molar-refractivity contribution in [1.82, 2.24) is 0 Å². The van der Waals surface area contributed by atoms with E-state index < -0.39 is 0 Å². The number of hydrogen-bond acceptors (Lipinski definition) is 4. The standard InChI is InChI=1S/C40H22BNOS2/c1-5-13-31-25(9-1)30-20-24(23-17-18-35-29(19-23)26-10-2-6-14-34(26)43-35)21-32-38(30)41(31)40-39(28-12-4-8-16-37(28)45-40)42(32)33-22-44-36-15-7-3-11-27(33)36/h1-22H. The minimum Gasteiger partial charge on any atom is -0.456 e. The molecule has 9 aromatic rings. The van der Waals surface area contributed by atoms with Crippen LogP contribution in [0.4, 0.5) is 17.1 Å². The van der Waals surface area contributed by atoms with Crippen molar-refractivity contribution in [1.29, 1.82) is 0 Å². The van der Waals surface area contributed by atoms with E-state index >= 15 is 0 Å². The van der Waals surface area contributed by atoms with E-state index in [9.17, 15) is 0 Å². The maximum Gasteiger partial charge on any atom is 0.260 e. The van der Waals surface area contributed by atoms with E-state index in [1.807, 2.05) is 28.7 Å². The van der Waals surface area contributed by atoms with Crippen molar-refractivity contribution in [3.63, 3.8) is 0 Å². The van der Waals surface area contributed by atoms with E-state index in [-0.39, 0.29) is 6.71 Å². The molecule has 0 atom stereocenters. The van der Waals surface area contributed by atoms with E-state index in [2.05, 4.69) is 132 Å². The van der Waals surface area contributed by atoms with Crippen molar-refractivity contribution < 1.29 is 4.42 Å². The fraction of sp³-hybridized carbons (Fsp3) is 0. The van der Waals surface area contributed by atoms with Gasteiger partial charge >= 0.3 is 0 Å². The molecule has 2 aliphatic heterocycles. The Hall–Kier alpha value is -5.10. The molecule has 0 amide bonds. The second-order valence-electron chi connectivity index (χ2n) is 12.0. The highest BCUT2D eigenvalue weighted by Gasteiger charge is 2.45. The highest BCUT2D eigenvalue weighted by molar-refractivity contribution is 7.34. The smallest absolute Gasteiger partial charge is 0.260 e. The molecule has 45 heavy (non-hydrogen) atoms. The van der Waals surface area contributed by atoms with Crippen LogP contribution in [0.15, 0.2) is 137 Å². The molecule has 0 saturated carbocycles. The quantitative estimate of drug-likeness (QED) is 0.182. The molecule has 0 fully saturated rings. The van der Waals surface area contributed by atoms with Crippen molar-refractivity contribution in [2.75, 3.05) is 4.90 Å². The Morgan fingerprint density at radius 3 is 2.24 bits per heavy atom. The maximum absolute atomic E-state index is 6.20. The van der Waals surface area contributed by atoms with E-state index in [1.54, 1.807) is 0 Å². The lowest BCUT2D eigenvalue weighted by Gasteiger charge is -2.34. The normalized spacial score (nSPS) is 13.2. The summed E-state index contributed by atoms with van der Waals surface area (Å²) < 4.78 is 10.3. The van der Waals surface area contributed by atoms with Crippen molar-refractivity contribution in [3.05, 3.63) is 133 Å². The first-order valence-electron chi connectivity index (χ1n) is 15.3. The molecule has 11 rings (SSSR count). The minimum atomic E-state index is 0.217. The molecule has 0 aliphatic carbocycles. The third-order valence-corrected chi connectivity index (χ3v) is 11.9. The van der Waals surface area contributed by atoms with Crippen LogP contribution in [-0.4, -0.2) is 6.71 Å². The minimum absolute atomic E-state index is 0.217. The van der Waals surface area contributed by atoms with Gasteiger partial charge < -0.3 is 9.32 Å². The van der Waals surface area contributed by atoms with Gasteiger partial charge in [0.25, 0.3) is 6.71 Å². The Morgan fingerprint density at radius 2 is 1.31 bits per heavy atom. The molecule has 0 radical (unpaired) electrons. The first-order valence-corrected chi connectivity index (χ1v) is 17.0. The molecular weight excluding hydrogens is 585 g/mol. The van der Waals surface area contributed by atoms with Gasteiger partial charge in [-0.15, -0.1) is 22.7 Å². The highest BCUT2D eigenvalue weighted by atomic mass is 32.1. The van der Waals surface area contributed by atoms with Gasteiger partial charge in [0.05, 0.1) is 11.4 Å². The van der Waals surface area contributed by atoms with Gasteiger partial charge in [-0.1, -0.05) is 90.4 Å². The lowest BCUT2D eigenvalue weighted by atomic mass is 9.40. The van der Waals surface area contributed by atoms with E-state index in [1.165, 1.54) is 75.2 Å². The molecule has 5 heteroatoms. The largest absolute Gasteiger partial charge is 0.456 e. The summed E-state index contributed by atoms with van der Waals surface area (Å²) in [5, 5.41) is 7.28. The summed E-state index contributed by atoms with van der Waals surface area (Å²) >= 11 is 3.78. The molecule has 5 heterocycles. The lowest BCUT2D eigenvalue weighted by molar-refractivity contribution is 0.669. The number of benzene rings is 6. The Morgan fingerprint density at radius 1 is 0.556 bits per heavy atom. The van der Waals surface area contributed by atoms with Crippen molar-refractivity contribution in [2.24, 2.45) is 0 Å². The summed E-state index contributed by atoms with van der Waals surface area (Å²) in [5.74, 6) is 0. The molecule has 3 aromatic heterocycles. The van der Waals surface area contributed by atoms with Crippen LogP contribution < -0.4 is 20.6 Å². The predicted molar refractivity (Wildman–Crippen MR) is 195 cm³/mol. The molecule has 6 aromatic carbocycles. The van der Waals surface area contributed by atoms with Crippen molar-refractivity contribution >= 4 is 104 Å². The van der Waals surface area contributed by atoms with Gasteiger partial charge in [-0.3, -0.25) is 0 Å². The molecular formula is C40H22BNOS2. The Kier molecular flexibility index (Phi) is 4.72. The lowest BCUT2D eigenvalue weighted by Crippen LogP contribution is -2.53. The first-order chi connectivity index (χ1) is 22.3. The van der Waals surface area contributed by atoms with Crippen LogP contribution in [-0.2, 0) is 0 Å². The molecule has 0 saturated heterocycles. The van der Waals surface area contributed by atoms with Gasteiger partial charge in [0, 0.05) is 46.8 Å². The van der Waals surface area contributed by atoms with Crippen LogP contribution in [0.5, 0.6) is 0 Å². The monoisotopic (exact) mass is 607 g/mol. The number of nitrogens with zero attached hydrogens (tertiary/aromatic N) is 1. The predicted octanol–water partition coefficient (Wildman–Crippen LogP) is 9.96. The van der Waals surface area contributed by atoms with E-state index in [0.29, 0.717) is 0 Å². The molecule has 2 aliphatic rings. The average Bonchev–Trinajstić information content (AvgIpc) is 3.86. The Bertz CT molecular complexity index is 2700. The molecule has 0 bridgehead atoms. The zero-order chi connectivity index (χ0) is 29.2. The zero-order valence-electron chi connectivity index (χ0n) is 24.0. The summed E-state index contributed by atoms with van der Waals surface area (Å²) in [5.41, 5.74) is 13.6. The van der Waals surface area contributed by atoms with Gasteiger partial charge in [0.15, 0.2) is 0 Å². The fourth-order valence-corrected chi connectivity index (χ4v) is 10.1. The average molecular weight is 608 g/mol. The summed E-state index contributed by atoms with van der Waals surface area (Å²) in [6.07, 6.45) is 0. The van der Waals surface area contributed by atoms with Gasteiger partial charge in [-0.05, 0) is 70.2 Å². The maximum atomic E-state index is 6.20. The molecule has 208 valence electrons. The van der Waals surface area contributed by atoms with Gasteiger partial charge in [0.2, 0.25) is 0 Å². The van der Waals surface area contributed by atoms with Gasteiger partial charge in [0.1, 0.15) is 11.2 Å². The van der Waals surface area contributed by atoms with Gasteiger partial charge in [-0.2, -0.15) is 0 Å². The van der Waals surface area contributed by atoms with Crippen LogP contribution in [0.3, 0.4) is 0 Å². The number of fused-ring (bicyclic) bond motifs is 11. The third-order valence-electron chi connectivity index (χ3n) is 9.74. The second kappa shape index (κ2) is 8.75. The number of rotatable bonds is 2. The number of anilines is 3. The van der Waals surface area contributed by atoms with Crippen LogP contribution in [0.1, 0.15) is 0 Å².